The van der Waals surface area contributed by atoms with Crippen LogP contribution in [0.3, 0.4) is 0 Å². The van der Waals surface area contributed by atoms with Crippen LogP contribution in [0.4, 0.5) is 0 Å². The number of aryl methyl sites for hydroxylation is 2. The number of rotatable bonds is 11. The zero-order chi connectivity index (χ0) is 38.5. The predicted octanol–water partition coefficient (Wildman–Crippen LogP) is 12.3. The minimum absolute atomic E-state index is 0.515. The van der Waals surface area contributed by atoms with Crippen molar-refractivity contribution in [2.75, 3.05) is 0 Å². The molecule has 2 atom stereocenters. The van der Waals surface area contributed by atoms with Gasteiger partial charge < -0.3 is 0 Å². The molecule has 6 aromatic rings. The molecule has 0 fully saturated rings. The zero-order valence-corrected chi connectivity index (χ0v) is 39.2. The Bertz CT molecular complexity index is 2420. The number of hydrogen-bond donors (Lipinski definition) is 0. The van der Waals surface area contributed by atoms with E-state index in [1.165, 1.54) is 99.7 Å². The van der Waals surface area contributed by atoms with E-state index >= 15 is 0 Å². The summed E-state index contributed by atoms with van der Waals surface area (Å²) in [6.45, 7) is 13.9. The van der Waals surface area contributed by atoms with Crippen molar-refractivity contribution in [2.45, 2.75) is 87.4 Å². The van der Waals surface area contributed by atoms with E-state index in [1.807, 2.05) is 3.32 Å². The second kappa shape index (κ2) is 15.7. The average molecular weight is 911 g/mol. The van der Waals surface area contributed by atoms with Crippen molar-refractivity contribution in [1.29, 1.82) is 0 Å². The van der Waals surface area contributed by atoms with Gasteiger partial charge in [-0.25, -0.2) is 0 Å². The van der Waals surface area contributed by atoms with Crippen LogP contribution in [0.2, 0.25) is 0 Å². The van der Waals surface area contributed by atoms with Crippen LogP contribution in [0, 0.1) is 27.7 Å². The van der Waals surface area contributed by atoms with Crippen LogP contribution in [-0.2, 0) is 21.4 Å². The first-order valence-electron chi connectivity index (χ1n) is 21.3. The van der Waals surface area contributed by atoms with E-state index in [0.29, 0.717) is 7.35 Å². The van der Waals surface area contributed by atoms with Gasteiger partial charge in [0.15, 0.2) is 0 Å². The van der Waals surface area contributed by atoms with E-state index in [-0.39, 0.29) is 0 Å². The fourth-order valence-corrected chi connectivity index (χ4v) is 29.8. The minimum atomic E-state index is -3.11. The molecule has 1 aliphatic heterocycles. The predicted molar refractivity (Wildman–Crippen MR) is 243 cm³/mol. The first-order chi connectivity index (χ1) is 27.4. The maximum absolute atomic E-state index is 3.11. The Balaban J connectivity index is 1.31. The van der Waals surface area contributed by atoms with Gasteiger partial charge in [0.25, 0.3) is 0 Å². The third-order valence-corrected chi connectivity index (χ3v) is 30.2. The molecule has 56 heavy (non-hydrogen) atoms. The molecule has 0 bridgehead atoms. The van der Waals surface area contributed by atoms with E-state index in [0.717, 1.165) is 0 Å². The van der Waals surface area contributed by atoms with E-state index in [2.05, 4.69) is 169 Å². The summed E-state index contributed by atoms with van der Waals surface area (Å²) in [7, 11) is -0.607. The first kappa shape index (κ1) is 37.5. The van der Waals surface area contributed by atoms with Gasteiger partial charge >= 0.3 is 349 Å². The van der Waals surface area contributed by atoms with Crippen LogP contribution >= 0.6 is 0 Å². The normalized spacial score (nSPS) is 16.7. The Morgan fingerprint density at radius 3 is 1.50 bits per heavy atom. The number of fused-ring (bicyclic) bond motifs is 5. The molecule has 2 aliphatic carbocycles. The van der Waals surface area contributed by atoms with Crippen molar-refractivity contribution in [1.82, 2.24) is 0 Å². The second-order valence-corrected chi connectivity index (χ2v) is 27.9. The van der Waals surface area contributed by atoms with Crippen LogP contribution in [0.1, 0.15) is 104 Å². The Labute approximate surface area is 346 Å². The van der Waals surface area contributed by atoms with Gasteiger partial charge in [-0.1, -0.05) is 0 Å². The fraction of sp³-hybridized carbons (Fsp3) is 0.259. The number of hydrogen-bond acceptors (Lipinski definition) is 0. The van der Waals surface area contributed by atoms with Crippen LogP contribution in [0.15, 0.2) is 126 Å². The summed E-state index contributed by atoms with van der Waals surface area (Å²) in [5.74, 6) is 0. The standard InChI is InChI=1S/2C21H23.C12H9Si.Hf/c2*1-4-5-9-17-13-18-10-7-12-20(21(18)14-17)19-11-6-8-15(2)16(19)3;1-3-7-11-9(5-1)10-6-2-4-8-12(10)13-11;/h2*6-8,10-14H,4-5,9H2,1-3H3;1-7H,13H2;. The van der Waals surface area contributed by atoms with Gasteiger partial charge in [0.2, 0.25) is 0 Å². The van der Waals surface area contributed by atoms with Crippen molar-refractivity contribution in [3.8, 4) is 33.4 Å². The zero-order valence-electron chi connectivity index (χ0n) is 34.2. The van der Waals surface area contributed by atoms with Crippen molar-refractivity contribution in [2.24, 2.45) is 0 Å². The maximum atomic E-state index is 2.71. The number of allylic oxidation sites excluding steroid dienone is 2. The van der Waals surface area contributed by atoms with E-state index in [4.69, 9.17) is 0 Å². The van der Waals surface area contributed by atoms with Crippen LogP contribution < -0.4 is 13.7 Å². The first-order valence-corrected chi connectivity index (χ1v) is 28.6. The summed E-state index contributed by atoms with van der Waals surface area (Å²) in [6, 6.07) is 45.5. The summed E-state index contributed by atoms with van der Waals surface area (Å²) < 4.78 is 2.85. The van der Waals surface area contributed by atoms with Crippen molar-refractivity contribution in [3.05, 3.63) is 171 Å². The molecule has 0 N–H and O–H groups in total. The molecule has 1 heterocycles. The summed E-state index contributed by atoms with van der Waals surface area (Å²) in [6.07, 6.45) is 12.8. The summed E-state index contributed by atoms with van der Waals surface area (Å²) in [5, 5.41) is 3.41. The molecule has 3 aliphatic rings. The second-order valence-electron chi connectivity index (χ2n) is 16.7. The third kappa shape index (κ3) is 6.36. The quantitative estimate of drug-likeness (QED) is 0.113. The molecular formula is C54H55HfSi. The van der Waals surface area contributed by atoms with E-state index < -0.39 is 31.0 Å². The third-order valence-electron chi connectivity index (χ3n) is 13.5. The van der Waals surface area contributed by atoms with E-state index in [1.54, 1.807) is 38.2 Å². The molecule has 279 valence electrons. The summed E-state index contributed by atoms with van der Waals surface area (Å²) in [4.78, 5) is 0. The van der Waals surface area contributed by atoms with Crippen LogP contribution in [-0.4, -0.2) is 9.52 Å². The van der Waals surface area contributed by atoms with Crippen molar-refractivity contribution >= 4 is 35.4 Å². The molecule has 2 heteroatoms. The molecule has 0 spiro atoms. The van der Waals surface area contributed by atoms with Gasteiger partial charge in [-0.05, 0) is 0 Å². The van der Waals surface area contributed by atoms with Crippen molar-refractivity contribution in [3.63, 3.8) is 0 Å². The topological polar surface area (TPSA) is 0 Å². The molecule has 0 saturated heterocycles. The Hall–Kier alpha value is -4.11. The Morgan fingerprint density at radius 1 is 0.482 bits per heavy atom. The van der Waals surface area contributed by atoms with Gasteiger partial charge in [-0.15, -0.1) is 0 Å². The number of unbranched alkanes of at least 4 members (excludes halogenated alkanes) is 2. The molecule has 0 saturated carbocycles. The Kier molecular flexibility index (Phi) is 10.5. The molecule has 6 aromatic carbocycles. The molecule has 0 amide bonds. The van der Waals surface area contributed by atoms with Crippen LogP contribution in [0.25, 0.3) is 45.5 Å². The number of benzene rings is 6. The SMILES string of the molecule is CCCCC1=Cc2c(-c3cccc(C)c3C)cccc2[CH]1[Hf]([c]1cccc2c1[SiH2]c1ccccc1-2)[CH]1C(CCCC)=Cc2c(-c3cccc(C)c3C)cccc21. The summed E-state index contributed by atoms with van der Waals surface area (Å²) >= 11 is -3.11. The molecule has 0 nitrogen and oxygen atoms in total. The molecular weight excluding hydrogens is 855 g/mol. The molecule has 2 unspecified atom stereocenters. The monoisotopic (exact) mass is 911 g/mol. The summed E-state index contributed by atoms with van der Waals surface area (Å²) in [5.41, 5.74) is 24.0. The van der Waals surface area contributed by atoms with Gasteiger partial charge in [-0.2, -0.15) is 0 Å². The Morgan fingerprint density at radius 2 is 0.946 bits per heavy atom. The van der Waals surface area contributed by atoms with Gasteiger partial charge in [-0.3, -0.25) is 0 Å². The van der Waals surface area contributed by atoms with Gasteiger partial charge in [0.05, 0.1) is 0 Å². The van der Waals surface area contributed by atoms with Crippen molar-refractivity contribution < 1.29 is 21.4 Å². The fourth-order valence-electron chi connectivity index (χ4n) is 10.3. The van der Waals surface area contributed by atoms with Gasteiger partial charge in [0.1, 0.15) is 0 Å². The molecule has 0 radical (unpaired) electrons. The van der Waals surface area contributed by atoms with Gasteiger partial charge in [0, 0.05) is 0 Å². The average Bonchev–Trinajstić information content (AvgIpc) is 3.90. The molecule has 0 aromatic heterocycles. The van der Waals surface area contributed by atoms with E-state index in [9.17, 15) is 0 Å². The molecule has 9 rings (SSSR count). The van der Waals surface area contributed by atoms with Crippen LogP contribution in [0.5, 0.6) is 0 Å².